The van der Waals surface area contributed by atoms with Gasteiger partial charge in [0, 0.05) is 48.7 Å². The summed E-state index contributed by atoms with van der Waals surface area (Å²) in [7, 11) is 2.14. The molecule has 0 radical (unpaired) electrons. The molecule has 0 aliphatic heterocycles. The van der Waals surface area contributed by atoms with Crippen molar-refractivity contribution in [3.8, 4) is 11.3 Å². The number of hydrogen-bond donors (Lipinski definition) is 3. The van der Waals surface area contributed by atoms with Crippen LogP contribution in [0.2, 0.25) is 0 Å². The van der Waals surface area contributed by atoms with Gasteiger partial charge in [0.25, 0.3) is 0 Å². The molecule has 1 aliphatic rings. The number of nitrogens with zero attached hydrogens (tertiary/aromatic N) is 4. The fraction of sp³-hybridized carbons (Fsp3) is 0.423. The van der Waals surface area contributed by atoms with E-state index in [4.69, 9.17) is 4.98 Å². The minimum Gasteiger partial charge on any atom is -0.369 e. The highest BCUT2D eigenvalue weighted by Crippen LogP contribution is 2.37. The van der Waals surface area contributed by atoms with Crippen molar-refractivity contribution in [1.82, 2.24) is 30.4 Å². The van der Waals surface area contributed by atoms with E-state index in [2.05, 4.69) is 69.0 Å². The van der Waals surface area contributed by atoms with Crippen LogP contribution in [0.1, 0.15) is 30.9 Å². The van der Waals surface area contributed by atoms with Gasteiger partial charge >= 0.3 is 0 Å². The number of benzene rings is 1. The van der Waals surface area contributed by atoms with E-state index < -0.39 is 0 Å². The molecular formula is C26H33N7. The zero-order chi connectivity index (χ0) is 22.6. The first-order valence-corrected chi connectivity index (χ1v) is 12.1. The Balaban J connectivity index is 1.34. The van der Waals surface area contributed by atoms with Crippen molar-refractivity contribution in [3.05, 3.63) is 47.8 Å². The Labute approximate surface area is 195 Å². The lowest BCUT2D eigenvalue weighted by Gasteiger charge is -2.21. The molecule has 0 bridgehead atoms. The van der Waals surface area contributed by atoms with E-state index in [9.17, 15) is 0 Å². The lowest BCUT2D eigenvalue weighted by molar-refractivity contribution is 0.350. The first-order chi connectivity index (χ1) is 16.2. The molecule has 1 aromatic carbocycles. The van der Waals surface area contributed by atoms with Crippen molar-refractivity contribution < 1.29 is 0 Å². The van der Waals surface area contributed by atoms with Gasteiger partial charge in [0.2, 0.25) is 0 Å². The Morgan fingerprint density at radius 1 is 1.00 bits per heavy atom. The molecule has 5 rings (SSSR count). The molecule has 3 heterocycles. The second-order valence-corrected chi connectivity index (χ2v) is 8.92. The third kappa shape index (κ3) is 4.56. The molecule has 0 saturated carbocycles. The van der Waals surface area contributed by atoms with Crippen LogP contribution in [0.3, 0.4) is 0 Å². The van der Waals surface area contributed by atoms with E-state index >= 15 is 0 Å². The topological polar surface area (TPSA) is 81.8 Å². The van der Waals surface area contributed by atoms with Crippen LogP contribution >= 0.6 is 0 Å². The Morgan fingerprint density at radius 3 is 2.70 bits per heavy atom. The van der Waals surface area contributed by atoms with E-state index in [1.807, 2.05) is 12.4 Å². The predicted octanol–water partition coefficient (Wildman–Crippen LogP) is 4.01. The van der Waals surface area contributed by atoms with Crippen LogP contribution in [0.4, 0.5) is 5.82 Å². The number of rotatable bonds is 9. The summed E-state index contributed by atoms with van der Waals surface area (Å²) in [6, 6.07) is 8.41. The molecule has 0 fully saturated rings. The van der Waals surface area contributed by atoms with Crippen LogP contribution < -0.4 is 10.6 Å². The van der Waals surface area contributed by atoms with Crippen molar-refractivity contribution in [1.29, 1.82) is 0 Å². The average molecular weight is 444 g/mol. The first-order valence-electron chi connectivity index (χ1n) is 12.1. The SMILES string of the molecule is CCN(C)CCNCCNc1ccc(-c2nc3ccc4[nH]ncc4c3c3c2CCCC3)cn1. The lowest BCUT2D eigenvalue weighted by atomic mass is 9.86. The number of anilines is 1. The average Bonchev–Trinajstić information content (AvgIpc) is 3.35. The third-order valence-electron chi connectivity index (χ3n) is 6.74. The highest BCUT2D eigenvalue weighted by Gasteiger charge is 2.21. The number of aromatic nitrogens is 4. The summed E-state index contributed by atoms with van der Waals surface area (Å²) >= 11 is 0. The number of fused-ring (bicyclic) bond motifs is 5. The van der Waals surface area contributed by atoms with E-state index in [0.29, 0.717) is 0 Å². The van der Waals surface area contributed by atoms with E-state index in [-0.39, 0.29) is 0 Å². The molecular weight excluding hydrogens is 410 g/mol. The van der Waals surface area contributed by atoms with Gasteiger partial charge in [-0.3, -0.25) is 5.10 Å². The number of nitrogens with one attached hydrogen (secondary N) is 3. The molecule has 0 atom stereocenters. The summed E-state index contributed by atoms with van der Waals surface area (Å²) in [6.45, 7) is 7.11. The third-order valence-corrected chi connectivity index (χ3v) is 6.74. The molecule has 1 aliphatic carbocycles. The molecule has 3 aromatic heterocycles. The molecule has 0 unspecified atom stereocenters. The number of pyridine rings is 2. The molecule has 7 nitrogen and oxygen atoms in total. The number of hydrogen-bond acceptors (Lipinski definition) is 6. The maximum atomic E-state index is 5.12. The Bertz CT molecular complexity index is 1230. The summed E-state index contributed by atoms with van der Waals surface area (Å²) in [6.07, 6.45) is 8.51. The van der Waals surface area contributed by atoms with Crippen LogP contribution in [0, 0.1) is 0 Å². The normalized spacial score (nSPS) is 13.7. The smallest absolute Gasteiger partial charge is 0.125 e. The molecule has 0 amide bonds. The van der Waals surface area contributed by atoms with Gasteiger partial charge in [0.05, 0.1) is 22.9 Å². The second-order valence-electron chi connectivity index (χ2n) is 8.92. The van der Waals surface area contributed by atoms with Crippen molar-refractivity contribution in [2.45, 2.75) is 32.6 Å². The van der Waals surface area contributed by atoms with Gasteiger partial charge in [0.15, 0.2) is 0 Å². The number of aromatic amines is 1. The van der Waals surface area contributed by atoms with Gasteiger partial charge in [-0.15, -0.1) is 0 Å². The van der Waals surface area contributed by atoms with Crippen molar-refractivity contribution in [2.75, 3.05) is 45.1 Å². The van der Waals surface area contributed by atoms with E-state index in [1.165, 1.54) is 34.7 Å². The van der Waals surface area contributed by atoms with Gasteiger partial charge < -0.3 is 15.5 Å². The van der Waals surface area contributed by atoms with Crippen LogP contribution in [-0.4, -0.2) is 64.8 Å². The zero-order valence-corrected chi connectivity index (χ0v) is 19.6. The van der Waals surface area contributed by atoms with Gasteiger partial charge in [-0.2, -0.15) is 5.10 Å². The van der Waals surface area contributed by atoms with Crippen molar-refractivity contribution in [3.63, 3.8) is 0 Å². The number of aryl methyl sites for hydroxylation is 1. The summed E-state index contributed by atoms with van der Waals surface area (Å²) in [5.74, 6) is 0.904. The van der Waals surface area contributed by atoms with Crippen LogP contribution in [0.5, 0.6) is 0 Å². The van der Waals surface area contributed by atoms with Gasteiger partial charge in [-0.05, 0) is 74.7 Å². The standard InChI is InChI=1S/C26H33N7/c1-3-33(2)15-14-27-12-13-28-24-11-8-18(16-29-24)26-20-7-5-4-6-19(20)25-21-17-30-32-22(21)9-10-23(25)31-26/h8-11,16-17,27H,3-7,12-15H2,1-2H3,(H,28,29)(H,30,32). The highest BCUT2D eigenvalue weighted by atomic mass is 15.1. The Kier molecular flexibility index (Phi) is 6.51. The number of likely N-dealkylation sites (N-methyl/N-ethyl adjacent to an activating group) is 1. The van der Waals surface area contributed by atoms with Crippen LogP contribution in [0.25, 0.3) is 33.1 Å². The largest absolute Gasteiger partial charge is 0.369 e. The first kappa shape index (κ1) is 21.8. The van der Waals surface area contributed by atoms with Crippen LogP contribution in [-0.2, 0) is 12.8 Å². The highest BCUT2D eigenvalue weighted by molar-refractivity contribution is 6.07. The molecule has 33 heavy (non-hydrogen) atoms. The Morgan fingerprint density at radius 2 is 1.88 bits per heavy atom. The number of H-pyrrole nitrogens is 1. The molecule has 172 valence electrons. The quantitative estimate of drug-likeness (QED) is 0.339. The minimum atomic E-state index is 0.854. The van der Waals surface area contributed by atoms with Gasteiger partial charge in [-0.25, -0.2) is 9.97 Å². The Hall–Kier alpha value is -3.03. The van der Waals surface area contributed by atoms with Crippen LogP contribution in [0.15, 0.2) is 36.7 Å². The van der Waals surface area contributed by atoms with E-state index in [1.54, 1.807) is 0 Å². The molecule has 3 N–H and O–H groups in total. The second kappa shape index (κ2) is 9.85. The zero-order valence-electron chi connectivity index (χ0n) is 19.6. The molecule has 7 heteroatoms. The predicted molar refractivity (Wildman–Crippen MR) is 136 cm³/mol. The van der Waals surface area contributed by atoms with Gasteiger partial charge in [-0.1, -0.05) is 6.92 Å². The molecule has 0 spiro atoms. The fourth-order valence-corrected chi connectivity index (χ4v) is 4.76. The summed E-state index contributed by atoms with van der Waals surface area (Å²) in [5, 5.41) is 16.7. The fourth-order valence-electron chi connectivity index (χ4n) is 4.76. The lowest BCUT2D eigenvalue weighted by Crippen LogP contribution is -2.31. The van der Waals surface area contributed by atoms with E-state index in [0.717, 1.165) is 73.7 Å². The summed E-state index contributed by atoms with van der Waals surface area (Å²) in [5.41, 5.74) is 7.12. The van der Waals surface area contributed by atoms with Crippen molar-refractivity contribution in [2.24, 2.45) is 0 Å². The molecule has 4 aromatic rings. The van der Waals surface area contributed by atoms with Gasteiger partial charge in [0.1, 0.15) is 5.82 Å². The summed E-state index contributed by atoms with van der Waals surface area (Å²) in [4.78, 5) is 12.1. The monoisotopic (exact) mass is 443 g/mol. The molecule has 0 saturated heterocycles. The summed E-state index contributed by atoms with van der Waals surface area (Å²) < 4.78 is 0. The van der Waals surface area contributed by atoms with Crippen molar-refractivity contribution >= 4 is 27.6 Å². The maximum Gasteiger partial charge on any atom is 0.125 e. The maximum absolute atomic E-state index is 5.12. The minimum absolute atomic E-state index is 0.854.